The summed E-state index contributed by atoms with van der Waals surface area (Å²) < 4.78 is 1.38. The van der Waals surface area contributed by atoms with Crippen molar-refractivity contribution in [2.24, 2.45) is 0 Å². The summed E-state index contributed by atoms with van der Waals surface area (Å²) in [5, 5.41) is 13.6. The molecule has 0 bridgehead atoms. The fourth-order valence-corrected chi connectivity index (χ4v) is 3.18. The molecule has 3 N–H and O–H groups in total. The molecule has 6 heteroatoms. The van der Waals surface area contributed by atoms with Crippen molar-refractivity contribution < 1.29 is 5.11 Å². The van der Waals surface area contributed by atoms with Crippen LogP contribution in [0.2, 0.25) is 0 Å². The Bertz CT molecular complexity index is 737. The molecule has 0 atom stereocenters. The Morgan fingerprint density at radius 2 is 1.83 bits per heavy atom. The lowest BCUT2D eigenvalue weighted by Crippen LogP contribution is -2.35. The lowest BCUT2D eigenvalue weighted by Gasteiger charge is -2.31. The van der Waals surface area contributed by atoms with Crippen LogP contribution in [-0.4, -0.2) is 34.6 Å². The third kappa shape index (κ3) is 3.28. The molecular formula is C18H24N4O2. The zero-order valence-electron chi connectivity index (χ0n) is 13.8. The molecule has 0 radical (unpaired) electrons. The monoisotopic (exact) mass is 328 g/mol. The molecule has 0 unspecified atom stereocenters. The summed E-state index contributed by atoms with van der Waals surface area (Å²) in [6.45, 7) is 2.17. The molecule has 3 rings (SSSR count). The first-order valence-corrected chi connectivity index (χ1v) is 8.54. The van der Waals surface area contributed by atoms with E-state index >= 15 is 0 Å². The number of hydrogen-bond donors (Lipinski definition) is 2. The highest BCUT2D eigenvalue weighted by Crippen LogP contribution is 2.33. The van der Waals surface area contributed by atoms with Gasteiger partial charge in [0.15, 0.2) is 0 Å². The van der Waals surface area contributed by atoms with E-state index in [2.05, 4.69) is 10.00 Å². The number of anilines is 2. The smallest absolute Gasteiger partial charge is 0.292 e. The molecule has 1 aromatic heterocycles. The van der Waals surface area contributed by atoms with E-state index in [0.717, 1.165) is 42.9 Å². The number of hydrogen-bond acceptors (Lipinski definition) is 5. The average Bonchev–Trinajstić information content (AvgIpc) is 2.64. The number of aromatic nitrogens is 2. The lowest BCUT2D eigenvalue weighted by molar-refractivity contribution is 0.275. The summed E-state index contributed by atoms with van der Waals surface area (Å²) in [6.07, 6.45) is 3.88. The van der Waals surface area contributed by atoms with Gasteiger partial charge in [-0.05, 0) is 25.7 Å². The van der Waals surface area contributed by atoms with Crippen molar-refractivity contribution in [2.75, 3.05) is 30.3 Å². The van der Waals surface area contributed by atoms with E-state index in [9.17, 15) is 4.79 Å². The van der Waals surface area contributed by atoms with E-state index in [1.54, 1.807) is 0 Å². The molecule has 1 fully saturated rings. The molecule has 128 valence electrons. The normalized spacial score (nSPS) is 14.8. The Morgan fingerprint density at radius 3 is 2.50 bits per heavy atom. The molecule has 6 nitrogen and oxygen atoms in total. The Balaban J connectivity index is 2.14. The molecule has 1 saturated heterocycles. The maximum absolute atomic E-state index is 12.6. The Hall–Kier alpha value is -2.34. The second-order valence-electron chi connectivity index (χ2n) is 6.13. The fourth-order valence-electron chi connectivity index (χ4n) is 3.18. The molecule has 2 heterocycles. The number of nitrogen functional groups attached to an aromatic ring is 1. The van der Waals surface area contributed by atoms with Crippen LogP contribution in [0.3, 0.4) is 0 Å². The van der Waals surface area contributed by atoms with Gasteiger partial charge in [-0.25, -0.2) is 4.68 Å². The van der Waals surface area contributed by atoms with Gasteiger partial charge in [0.05, 0.1) is 5.69 Å². The van der Waals surface area contributed by atoms with Crippen molar-refractivity contribution in [3.63, 3.8) is 0 Å². The molecule has 0 spiro atoms. The van der Waals surface area contributed by atoms with Crippen molar-refractivity contribution >= 4 is 11.4 Å². The predicted molar refractivity (Wildman–Crippen MR) is 96.1 cm³/mol. The zero-order chi connectivity index (χ0) is 16.9. The summed E-state index contributed by atoms with van der Waals surface area (Å²) in [5.41, 5.74) is 8.67. The molecule has 0 aliphatic carbocycles. The van der Waals surface area contributed by atoms with Gasteiger partial charge >= 0.3 is 0 Å². The number of aliphatic hydroxyl groups is 1. The third-order valence-corrected chi connectivity index (χ3v) is 4.41. The van der Waals surface area contributed by atoms with Crippen LogP contribution in [0, 0.1) is 0 Å². The van der Waals surface area contributed by atoms with Crippen molar-refractivity contribution in [2.45, 2.75) is 32.2 Å². The number of aryl methyl sites for hydroxylation is 1. The predicted octanol–water partition coefficient (Wildman–Crippen LogP) is 1.87. The molecule has 1 aromatic carbocycles. The molecule has 1 aliphatic rings. The molecule has 2 aromatic rings. The van der Waals surface area contributed by atoms with Crippen LogP contribution < -0.4 is 16.2 Å². The highest BCUT2D eigenvalue weighted by atomic mass is 16.3. The maximum atomic E-state index is 12.6. The summed E-state index contributed by atoms with van der Waals surface area (Å²) in [7, 11) is 0. The van der Waals surface area contributed by atoms with Crippen molar-refractivity contribution in [3.8, 4) is 11.3 Å². The number of piperidine rings is 1. The molecule has 1 aliphatic heterocycles. The standard InChI is InChI=1S/C18H24N4O2/c19-15-17(21-10-5-2-6-11-21)16(14-8-3-1-4-9-14)20-22(18(15)24)12-7-13-23/h1,3-4,8-9,23H,2,5-7,10-13,19H2. The van der Waals surface area contributed by atoms with Gasteiger partial charge < -0.3 is 15.7 Å². The Morgan fingerprint density at radius 1 is 1.12 bits per heavy atom. The Labute approximate surface area is 141 Å². The lowest BCUT2D eigenvalue weighted by atomic mass is 10.1. The quantitative estimate of drug-likeness (QED) is 0.875. The zero-order valence-corrected chi connectivity index (χ0v) is 13.8. The van der Waals surface area contributed by atoms with Gasteiger partial charge in [-0.15, -0.1) is 0 Å². The van der Waals surface area contributed by atoms with E-state index in [-0.39, 0.29) is 17.9 Å². The van der Waals surface area contributed by atoms with Crippen LogP contribution in [0.5, 0.6) is 0 Å². The SMILES string of the molecule is Nc1c(N2CCCCC2)c(-c2ccccc2)nn(CCCO)c1=O. The number of rotatable bonds is 5. The average molecular weight is 328 g/mol. The first kappa shape index (κ1) is 16.5. The maximum Gasteiger partial charge on any atom is 0.292 e. The summed E-state index contributed by atoms with van der Waals surface area (Å²) in [4.78, 5) is 14.8. The van der Waals surface area contributed by atoms with E-state index in [1.165, 1.54) is 11.1 Å². The highest BCUT2D eigenvalue weighted by molar-refractivity contribution is 5.83. The van der Waals surface area contributed by atoms with Crippen LogP contribution in [0.15, 0.2) is 35.1 Å². The van der Waals surface area contributed by atoms with Gasteiger partial charge in [0.25, 0.3) is 5.56 Å². The number of aliphatic hydroxyl groups excluding tert-OH is 1. The van der Waals surface area contributed by atoms with Crippen LogP contribution in [0.25, 0.3) is 11.3 Å². The van der Waals surface area contributed by atoms with E-state index < -0.39 is 0 Å². The van der Waals surface area contributed by atoms with Crippen LogP contribution in [0.4, 0.5) is 11.4 Å². The van der Waals surface area contributed by atoms with Gasteiger partial charge in [-0.1, -0.05) is 30.3 Å². The molecular weight excluding hydrogens is 304 g/mol. The minimum atomic E-state index is -0.274. The highest BCUT2D eigenvalue weighted by Gasteiger charge is 2.23. The second-order valence-corrected chi connectivity index (χ2v) is 6.13. The largest absolute Gasteiger partial charge is 0.396 e. The fraction of sp³-hybridized carbons (Fsp3) is 0.444. The van der Waals surface area contributed by atoms with Crippen LogP contribution in [0.1, 0.15) is 25.7 Å². The van der Waals surface area contributed by atoms with Gasteiger partial charge in [-0.3, -0.25) is 4.79 Å². The number of nitrogens with zero attached hydrogens (tertiary/aromatic N) is 3. The van der Waals surface area contributed by atoms with Gasteiger partial charge in [0, 0.05) is 31.8 Å². The third-order valence-electron chi connectivity index (χ3n) is 4.41. The van der Waals surface area contributed by atoms with Gasteiger partial charge in [-0.2, -0.15) is 5.10 Å². The van der Waals surface area contributed by atoms with Gasteiger partial charge in [0.1, 0.15) is 11.4 Å². The van der Waals surface area contributed by atoms with E-state index in [0.29, 0.717) is 13.0 Å². The van der Waals surface area contributed by atoms with Crippen molar-refractivity contribution in [1.29, 1.82) is 0 Å². The van der Waals surface area contributed by atoms with Gasteiger partial charge in [0.2, 0.25) is 0 Å². The molecule has 0 amide bonds. The first-order chi connectivity index (χ1) is 11.7. The van der Waals surface area contributed by atoms with E-state index in [1.807, 2.05) is 30.3 Å². The summed E-state index contributed by atoms with van der Waals surface area (Å²) in [6, 6.07) is 9.83. The number of nitrogens with two attached hydrogens (primary N) is 1. The first-order valence-electron chi connectivity index (χ1n) is 8.54. The molecule has 24 heavy (non-hydrogen) atoms. The van der Waals surface area contributed by atoms with Crippen molar-refractivity contribution in [1.82, 2.24) is 9.78 Å². The topological polar surface area (TPSA) is 84.4 Å². The van der Waals surface area contributed by atoms with Crippen molar-refractivity contribution in [3.05, 3.63) is 40.7 Å². The van der Waals surface area contributed by atoms with E-state index in [4.69, 9.17) is 10.8 Å². The summed E-state index contributed by atoms with van der Waals surface area (Å²) in [5.74, 6) is 0. The number of benzene rings is 1. The van der Waals surface area contributed by atoms with Crippen LogP contribution >= 0.6 is 0 Å². The second kappa shape index (κ2) is 7.49. The Kier molecular flexibility index (Phi) is 5.15. The summed E-state index contributed by atoms with van der Waals surface area (Å²) >= 11 is 0. The minimum Gasteiger partial charge on any atom is -0.396 e. The minimum absolute atomic E-state index is 0.0164. The molecule has 0 saturated carbocycles. The van der Waals surface area contributed by atoms with Crippen LogP contribution in [-0.2, 0) is 6.54 Å².